The summed E-state index contributed by atoms with van der Waals surface area (Å²) in [6.07, 6.45) is -4.33. The van der Waals surface area contributed by atoms with Gasteiger partial charge in [-0.05, 0) is 55.3 Å². The maximum Gasteiger partial charge on any atom is 0.416 e. The van der Waals surface area contributed by atoms with Gasteiger partial charge in [-0.3, -0.25) is 0 Å². The molecular formula is C20H22F3N3O. The Labute approximate surface area is 156 Å². The first kappa shape index (κ1) is 19.1. The van der Waals surface area contributed by atoms with E-state index in [0.717, 1.165) is 34.6 Å². The third-order valence-corrected chi connectivity index (χ3v) is 4.97. The zero-order valence-corrected chi connectivity index (χ0v) is 15.3. The minimum Gasteiger partial charge on any atom is -0.368 e. The fourth-order valence-corrected chi connectivity index (χ4v) is 3.11. The van der Waals surface area contributed by atoms with Gasteiger partial charge < -0.3 is 15.1 Å². The zero-order chi connectivity index (χ0) is 19.6. The Balaban J connectivity index is 1.58. The molecule has 0 spiro atoms. The first-order valence-corrected chi connectivity index (χ1v) is 8.80. The van der Waals surface area contributed by atoms with Crippen LogP contribution in [0, 0.1) is 13.8 Å². The number of nitrogens with zero attached hydrogens (tertiary/aromatic N) is 2. The Morgan fingerprint density at radius 3 is 2.19 bits per heavy atom. The molecule has 4 nitrogen and oxygen atoms in total. The van der Waals surface area contributed by atoms with E-state index in [2.05, 4.69) is 5.32 Å². The molecule has 0 unspecified atom stereocenters. The van der Waals surface area contributed by atoms with Crippen LogP contribution in [-0.2, 0) is 6.18 Å². The van der Waals surface area contributed by atoms with Gasteiger partial charge in [0.15, 0.2) is 0 Å². The number of rotatable bonds is 2. The third-order valence-electron chi connectivity index (χ3n) is 4.97. The number of nitrogens with one attached hydrogen (secondary N) is 1. The van der Waals surface area contributed by atoms with Crippen LogP contribution in [0.15, 0.2) is 42.5 Å². The van der Waals surface area contributed by atoms with Crippen molar-refractivity contribution in [1.82, 2.24) is 4.90 Å². The fraction of sp³-hybridized carbons (Fsp3) is 0.350. The van der Waals surface area contributed by atoms with Gasteiger partial charge in [0.2, 0.25) is 0 Å². The highest BCUT2D eigenvalue weighted by atomic mass is 19.4. The molecule has 144 valence electrons. The minimum absolute atomic E-state index is 0.157. The highest BCUT2D eigenvalue weighted by molar-refractivity contribution is 5.90. The first-order valence-electron chi connectivity index (χ1n) is 8.80. The largest absolute Gasteiger partial charge is 0.416 e. The van der Waals surface area contributed by atoms with Crippen LogP contribution in [0.2, 0.25) is 0 Å². The van der Waals surface area contributed by atoms with Crippen molar-refractivity contribution in [3.8, 4) is 0 Å². The average molecular weight is 377 g/mol. The van der Waals surface area contributed by atoms with Crippen LogP contribution in [0.5, 0.6) is 0 Å². The zero-order valence-electron chi connectivity index (χ0n) is 15.3. The molecule has 0 radical (unpaired) electrons. The SMILES string of the molecule is Cc1cccc(NC(=O)N2CCN(c3ccc(C(F)(F)F)cc3)CC2)c1C. The predicted octanol–water partition coefficient (Wildman–Crippen LogP) is 4.68. The number of carbonyl (C=O) groups is 1. The summed E-state index contributed by atoms with van der Waals surface area (Å²) < 4.78 is 38.0. The number of hydrogen-bond donors (Lipinski definition) is 1. The molecule has 2 amide bonds. The number of anilines is 2. The van der Waals surface area contributed by atoms with E-state index in [1.165, 1.54) is 12.1 Å². The number of aryl methyl sites for hydroxylation is 1. The van der Waals surface area contributed by atoms with Gasteiger partial charge in [0.1, 0.15) is 0 Å². The van der Waals surface area contributed by atoms with Crippen LogP contribution in [0.1, 0.15) is 16.7 Å². The monoisotopic (exact) mass is 377 g/mol. The molecule has 3 rings (SSSR count). The molecular weight excluding hydrogens is 355 g/mol. The maximum atomic E-state index is 12.7. The van der Waals surface area contributed by atoms with Gasteiger partial charge in [-0.25, -0.2) is 4.79 Å². The Bertz CT molecular complexity index is 810. The molecule has 1 aliphatic rings. The van der Waals surface area contributed by atoms with E-state index in [1.54, 1.807) is 4.90 Å². The Morgan fingerprint density at radius 1 is 0.963 bits per heavy atom. The fourth-order valence-electron chi connectivity index (χ4n) is 3.11. The lowest BCUT2D eigenvalue weighted by Crippen LogP contribution is -2.50. The molecule has 27 heavy (non-hydrogen) atoms. The summed E-state index contributed by atoms with van der Waals surface area (Å²) in [5.41, 5.74) is 3.02. The summed E-state index contributed by atoms with van der Waals surface area (Å²) in [5, 5.41) is 2.94. The third kappa shape index (κ3) is 4.35. The molecule has 1 saturated heterocycles. The van der Waals surface area contributed by atoms with Crippen LogP contribution in [0.3, 0.4) is 0 Å². The predicted molar refractivity (Wildman–Crippen MR) is 100 cm³/mol. The van der Waals surface area contributed by atoms with E-state index in [-0.39, 0.29) is 6.03 Å². The molecule has 2 aromatic carbocycles. The van der Waals surface area contributed by atoms with E-state index in [9.17, 15) is 18.0 Å². The van der Waals surface area contributed by atoms with Crippen LogP contribution in [-0.4, -0.2) is 37.1 Å². The van der Waals surface area contributed by atoms with E-state index in [0.29, 0.717) is 26.2 Å². The van der Waals surface area contributed by atoms with Crippen LogP contribution < -0.4 is 10.2 Å². The summed E-state index contributed by atoms with van der Waals surface area (Å²) >= 11 is 0. The smallest absolute Gasteiger partial charge is 0.368 e. The lowest BCUT2D eigenvalue weighted by molar-refractivity contribution is -0.137. The highest BCUT2D eigenvalue weighted by Gasteiger charge is 2.30. The lowest BCUT2D eigenvalue weighted by atomic mass is 10.1. The van der Waals surface area contributed by atoms with Gasteiger partial charge in [0.25, 0.3) is 0 Å². The van der Waals surface area contributed by atoms with E-state index in [1.807, 2.05) is 36.9 Å². The number of urea groups is 1. The van der Waals surface area contributed by atoms with Gasteiger partial charge in [-0.2, -0.15) is 13.2 Å². The van der Waals surface area contributed by atoms with Gasteiger partial charge in [0.05, 0.1) is 5.56 Å². The summed E-state index contributed by atoms with van der Waals surface area (Å²) in [5.74, 6) is 0. The van der Waals surface area contributed by atoms with Crippen molar-refractivity contribution in [3.63, 3.8) is 0 Å². The van der Waals surface area contributed by atoms with Crippen molar-refractivity contribution in [2.75, 3.05) is 36.4 Å². The molecule has 1 N–H and O–H groups in total. The molecule has 0 aliphatic carbocycles. The number of alkyl halides is 3. The topological polar surface area (TPSA) is 35.6 Å². The van der Waals surface area contributed by atoms with Gasteiger partial charge in [0, 0.05) is 37.6 Å². The summed E-state index contributed by atoms with van der Waals surface area (Å²) in [4.78, 5) is 16.2. The number of benzene rings is 2. The molecule has 0 atom stereocenters. The van der Waals surface area contributed by atoms with Crippen molar-refractivity contribution >= 4 is 17.4 Å². The first-order chi connectivity index (χ1) is 12.8. The second-order valence-corrected chi connectivity index (χ2v) is 6.70. The van der Waals surface area contributed by atoms with Crippen LogP contribution >= 0.6 is 0 Å². The number of amides is 2. The van der Waals surface area contributed by atoms with Gasteiger partial charge >= 0.3 is 12.2 Å². The molecule has 0 bridgehead atoms. The van der Waals surface area contributed by atoms with E-state index in [4.69, 9.17) is 0 Å². The van der Waals surface area contributed by atoms with Crippen molar-refractivity contribution in [3.05, 3.63) is 59.2 Å². The second kappa shape index (κ2) is 7.50. The number of halogens is 3. The van der Waals surface area contributed by atoms with Crippen LogP contribution in [0.25, 0.3) is 0 Å². The molecule has 1 heterocycles. The van der Waals surface area contributed by atoms with Crippen molar-refractivity contribution in [1.29, 1.82) is 0 Å². The van der Waals surface area contributed by atoms with E-state index >= 15 is 0 Å². The van der Waals surface area contributed by atoms with Crippen LogP contribution in [0.4, 0.5) is 29.3 Å². The minimum atomic E-state index is -4.33. The Hall–Kier alpha value is -2.70. The lowest BCUT2D eigenvalue weighted by Gasteiger charge is -2.36. The second-order valence-electron chi connectivity index (χ2n) is 6.70. The highest BCUT2D eigenvalue weighted by Crippen LogP contribution is 2.30. The quantitative estimate of drug-likeness (QED) is 0.825. The molecule has 2 aromatic rings. The molecule has 1 aliphatic heterocycles. The molecule has 7 heteroatoms. The average Bonchev–Trinajstić information content (AvgIpc) is 2.65. The molecule has 0 aromatic heterocycles. The van der Waals surface area contributed by atoms with Gasteiger partial charge in [-0.15, -0.1) is 0 Å². The summed E-state index contributed by atoms with van der Waals surface area (Å²) in [7, 11) is 0. The normalized spacial score (nSPS) is 15.0. The Morgan fingerprint density at radius 2 is 1.59 bits per heavy atom. The number of piperazine rings is 1. The van der Waals surface area contributed by atoms with Crippen molar-refractivity contribution < 1.29 is 18.0 Å². The van der Waals surface area contributed by atoms with Gasteiger partial charge in [-0.1, -0.05) is 12.1 Å². The summed E-state index contributed by atoms with van der Waals surface area (Å²) in [6, 6.07) is 10.8. The van der Waals surface area contributed by atoms with E-state index < -0.39 is 11.7 Å². The molecule has 0 saturated carbocycles. The number of hydrogen-bond acceptors (Lipinski definition) is 2. The standard InChI is InChI=1S/C20H22F3N3O/c1-14-4-3-5-18(15(14)2)24-19(27)26-12-10-25(11-13-26)17-8-6-16(7-9-17)20(21,22)23/h3-9H,10-13H2,1-2H3,(H,24,27). The molecule has 1 fully saturated rings. The number of carbonyl (C=O) groups excluding carboxylic acids is 1. The maximum absolute atomic E-state index is 12.7. The Kier molecular flexibility index (Phi) is 5.30. The van der Waals surface area contributed by atoms with Crippen molar-refractivity contribution in [2.24, 2.45) is 0 Å². The summed E-state index contributed by atoms with van der Waals surface area (Å²) in [6.45, 7) is 6.13. The van der Waals surface area contributed by atoms with Crippen molar-refractivity contribution in [2.45, 2.75) is 20.0 Å².